The Labute approximate surface area is 254 Å². The summed E-state index contributed by atoms with van der Waals surface area (Å²) in [5.41, 5.74) is 3.94. The quantitative estimate of drug-likeness (QED) is 0.243. The highest BCUT2D eigenvalue weighted by Crippen LogP contribution is 2.38. The number of carbonyl (C=O) groups excluding carboxylic acids is 2. The molecule has 1 aromatic heterocycles. The minimum absolute atomic E-state index is 0.103. The number of hydrogen-bond acceptors (Lipinski definition) is 8. The highest BCUT2D eigenvalue weighted by molar-refractivity contribution is 7.92. The Balaban J connectivity index is 1.24. The zero-order valence-corrected chi connectivity index (χ0v) is 25.3. The highest BCUT2D eigenvalue weighted by Gasteiger charge is 2.29. The number of benzene rings is 3. The highest BCUT2D eigenvalue weighted by atomic mass is 32.2. The van der Waals surface area contributed by atoms with Crippen molar-refractivity contribution in [2.45, 2.75) is 38.0 Å². The van der Waals surface area contributed by atoms with Crippen LogP contribution in [-0.2, 0) is 27.6 Å². The number of carbonyl (C=O) groups is 2. The van der Waals surface area contributed by atoms with E-state index >= 15 is 0 Å². The molecule has 0 aliphatic carbocycles. The molecule has 0 radical (unpaired) electrons. The van der Waals surface area contributed by atoms with Crippen LogP contribution in [0, 0.1) is 6.92 Å². The zero-order valence-electron chi connectivity index (χ0n) is 23.7. The van der Waals surface area contributed by atoms with Crippen molar-refractivity contribution in [3.8, 4) is 11.5 Å². The lowest BCUT2D eigenvalue weighted by atomic mass is 10.0. The van der Waals surface area contributed by atoms with Crippen molar-refractivity contribution in [3.63, 3.8) is 0 Å². The Morgan fingerprint density at radius 2 is 1.79 bits per heavy atom. The molecule has 0 fully saturated rings. The maximum Gasteiger partial charge on any atom is 0.341 e. The van der Waals surface area contributed by atoms with Gasteiger partial charge in [0.25, 0.3) is 15.9 Å². The summed E-state index contributed by atoms with van der Waals surface area (Å²) in [6.45, 7) is 4.32. The molecule has 0 atom stereocenters. The molecule has 43 heavy (non-hydrogen) atoms. The Morgan fingerprint density at radius 1 is 1.02 bits per heavy atom. The second kappa shape index (κ2) is 11.7. The van der Waals surface area contributed by atoms with Gasteiger partial charge in [-0.1, -0.05) is 24.3 Å². The summed E-state index contributed by atoms with van der Waals surface area (Å²) in [5.74, 6) is 0.368. The number of hydrogen-bond donors (Lipinski definition) is 1. The number of fused-ring (bicyclic) bond motifs is 2. The molecule has 2 aliphatic rings. The van der Waals surface area contributed by atoms with Crippen LogP contribution in [0.2, 0.25) is 0 Å². The van der Waals surface area contributed by atoms with E-state index < -0.39 is 21.9 Å². The number of sulfonamides is 1. The number of esters is 1. The van der Waals surface area contributed by atoms with Crippen LogP contribution in [0.4, 0.5) is 10.7 Å². The van der Waals surface area contributed by atoms with Crippen molar-refractivity contribution in [2.24, 2.45) is 0 Å². The molecule has 1 N–H and O–H groups in total. The molecule has 0 saturated heterocycles. The van der Waals surface area contributed by atoms with Gasteiger partial charge in [0, 0.05) is 23.4 Å². The lowest BCUT2D eigenvalue weighted by Crippen LogP contribution is -2.35. The number of nitrogens with zero attached hydrogens (tertiary/aromatic N) is 1. The van der Waals surface area contributed by atoms with Crippen molar-refractivity contribution >= 4 is 43.9 Å². The summed E-state index contributed by atoms with van der Waals surface area (Å²) < 4.78 is 44.7. The van der Waals surface area contributed by atoms with Gasteiger partial charge in [0.2, 0.25) is 6.79 Å². The first-order chi connectivity index (χ1) is 20.8. The topological polar surface area (TPSA) is 111 Å². The van der Waals surface area contributed by atoms with Crippen LogP contribution in [0.5, 0.6) is 11.5 Å². The molecule has 0 unspecified atom stereocenters. The lowest BCUT2D eigenvalue weighted by molar-refractivity contribution is 0.0527. The molecule has 0 saturated carbocycles. The standard InChI is InChI=1S/C32H30N2O7S2/c1-3-39-32(36)29-20(2)28(18-21-10-15-26-27(17-21)41-19-40-26)42-31(29)33-30(35)23-11-13-24(14-12-23)43(37,38)34-16-6-8-22-7-4-5-9-25(22)34/h4-5,7,9-15,17H,3,6,8,16,18-19H2,1-2H3,(H,33,35). The van der Waals surface area contributed by atoms with Crippen LogP contribution >= 0.6 is 11.3 Å². The van der Waals surface area contributed by atoms with E-state index in [4.69, 9.17) is 14.2 Å². The zero-order chi connectivity index (χ0) is 30.1. The number of para-hydroxylation sites is 1. The molecular weight excluding hydrogens is 588 g/mol. The van der Waals surface area contributed by atoms with Crippen molar-refractivity contribution in [2.75, 3.05) is 29.6 Å². The van der Waals surface area contributed by atoms with Crippen molar-refractivity contribution < 1.29 is 32.2 Å². The lowest BCUT2D eigenvalue weighted by Gasteiger charge is -2.30. The molecule has 6 rings (SSSR count). The van der Waals surface area contributed by atoms with Crippen LogP contribution in [0.15, 0.2) is 71.6 Å². The summed E-state index contributed by atoms with van der Waals surface area (Å²) in [7, 11) is -3.81. The third-order valence-electron chi connectivity index (χ3n) is 7.53. The SMILES string of the molecule is CCOC(=O)c1c(NC(=O)c2ccc(S(=O)(=O)N3CCCc4ccccc43)cc2)sc(Cc2ccc3c(c2)OCO3)c1C. The van der Waals surface area contributed by atoms with E-state index in [1.807, 2.05) is 49.4 Å². The van der Waals surface area contributed by atoms with Gasteiger partial charge >= 0.3 is 5.97 Å². The Hall–Kier alpha value is -4.35. The number of nitrogens with one attached hydrogen (secondary N) is 1. The van der Waals surface area contributed by atoms with E-state index in [-0.39, 0.29) is 23.9 Å². The Morgan fingerprint density at radius 3 is 2.58 bits per heavy atom. The molecular formula is C32H30N2O7S2. The number of aryl methyl sites for hydroxylation is 1. The van der Waals surface area contributed by atoms with Gasteiger partial charge in [-0.15, -0.1) is 11.3 Å². The van der Waals surface area contributed by atoms with E-state index in [9.17, 15) is 18.0 Å². The summed E-state index contributed by atoms with van der Waals surface area (Å²) in [5, 5.41) is 3.24. The second-order valence-corrected chi connectivity index (χ2v) is 13.2. The summed E-state index contributed by atoms with van der Waals surface area (Å²) in [4.78, 5) is 27.3. The first kappa shape index (κ1) is 28.8. The molecule has 1 amide bonds. The fourth-order valence-corrected chi connectivity index (χ4v) is 8.10. The molecule has 0 bridgehead atoms. The molecule has 9 nitrogen and oxygen atoms in total. The van der Waals surface area contributed by atoms with E-state index in [1.165, 1.54) is 39.9 Å². The van der Waals surface area contributed by atoms with E-state index in [1.54, 1.807) is 6.92 Å². The summed E-state index contributed by atoms with van der Waals surface area (Å²) in [6, 6.07) is 19.0. The predicted octanol–water partition coefficient (Wildman–Crippen LogP) is 5.95. The van der Waals surface area contributed by atoms with Gasteiger partial charge in [-0.3, -0.25) is 9.10 Å². The maximum absolute atomic E-state index is 13.5. The van der Waals surface area contributed by atoms with Gasteiger partial charge in [0.05, 0.1) is 22.8 Å². The van der Waals surface area contributed by atoms with Gasteiger partial charge in [0.1, 0.15) is 5.00 Å². The minimum atomic E-state index is -3.81. The van der Waals surface area contributed by atoms with E-state index in [0.717, 1.165) is 34.4 Å². The molecule has 11 heteroatoms. The normalized spacial score (nSPS) is 13.9. The number of ether oxygens (including phenoxy) is 3. The van der Waals surface area contributed by atoms with Gasteiger partial charge in [-0.05, 0) is 85.8 Å². The Kier molecular flexibility index (Phi) is 7.85. The molecule has 2 aliphatic heterocycles. The van der Waals surface area contributed by atoms with Gasteiger partial charge < -0.3 is 19.5 Å². The third-order valence-corrected chi connectivity index (χ3v) is 10.6. The smallest absolute Gasteiger partial charge is 0.341 e. The third kappa shape index (κ3) is 5.57. The van der Waals surface area contributed by atoms with Crippen molar-refractivity contribution in [1.82, 2.24) is 0 Å². The fourth-order valence-electron chi connectivity index (χ4n) is 5.33. The maximum atomic E-state index is 13.5. The van der Waals surface area contributed by atoms with Gasteiger partial charge in [-0.25, -0.2) is 13.2 Å². The number of rotatable bonds is 8. The van der Waals surface area contributed by atoms with E-state index in [0.29, 0.717) is 40.7 Å². The van der Waals surface area contributed by atoms with Gasteiger partial charge in [0.15, 0.2) is 11.5 Å². The van der Waals surface area contributed by atoms with Crippen LogP contribution in [0.1, 0.15) is 55.6 Å². The van der Waals surface area contributed by atoms with Crippen LogP contribution in [0.25, 0.3) is 0 Å². The summed E-state index contributed by atoms with van der Waals surface area (Å²) in [6.07, 6.45) is 2.08. The Bertz CT molecular complexity index is 1810. The van der Waals surface area contributed by atoms with Crippen molar-refractivity contribution in [3.05, 3.63) is 99.4 Å². The molecule has 3 aromatic carbocycles. The molecule has 222 valence electrons. The number of anilines is 2. The minimum Gasteiger partial charge on any atom is -0.462 e. The first-order valence-electron chi connectivity index (χ1n) is 14.0. The van der Waals surface area contributed by atoms with E-state index in [2.05, 4.69) is 5.32 Å². The van der Waals surface area contributed by atoms with Crippen molar-refractivity contribution in [1.29, 1.82) is 0 Å². The molecule has 4 aromatic rings. The molecule has 0 spiro atoms. The second-order valence-electron chi connectivity index (χ2n) is 10.2. The first-order valence-corrected chi connectivity index (χ1v) is 16.2. The number of thiophene rings is 1. The monoisotopic (exact) mass is 618 g/mol. The largest absolute Gasteiger partial charge is 0.462 e. The predicted molar refractivity (Wildman–Crippen MR) is 164 cm³/mol. The summed E-state index contributed by atoms with van der Waals surface area (Å²) >= 11 is 1.30. The van der Waals surface area contributed by atoms with Gasteiger partial charge in [-0.2, -0.15) is 0 Å². The number of amides is 1. The van der Waals surface area contributed by atoms with Crippen LogP contribution in [-0.4, -0.2) is 40.2 Å². The van der Waals surface area contributed by atoms with Crippen LogP contribution < -0.4 is 19.1 Å². The average molecular weight is 619 g/mol. The molecule has 3 heterocycles. The average Bonchev–Trinajstić information content (AvgIpc) is 3.60. The fraction of sp³-hybridized carbons (Fsp3) is 0.250. The van der Waals surface area contributed by atoms with Crippen LogP contribution in [0.3, 0.4) is 0 Å².